The minimum absolute atomic E-state index is 0.0904. The Morgan fingerprint density at radius 1 is 0.938 bits per heavy atom. The molecule has 8 N–H and O–H groups in total. The molecule has 12 heteroatoms. The number of carboxylic acids is 1. The van der Waals surface area contributed by atoms with Gasteiger partial charge in [-0.2, -0.15) is 12.6 Å². The zero-order valence-corrected chi connectivity index (χ0v) is 20.0. The minimum atomic E-state index is -1.19. The van der Waals surface area contributed by atoms with Gasteiger partial charge in [-0.05, 0) is 24.7 Å². The van der Waals surface area contributed by atoms with E-state index in [2.05, 4.69) is 28.6 Å². The number of hydrogen-bond acceptors (Lipinski definition) is 7. The van der Waals surface area contributed by atoms with Gasteiger partial charge in [-0.25, -0.2) is 4.79 Å². The molecule has 0 spiro atoms. The number of carbonyl (C=O) groups excluding carboxylic acids is 4. The molecule has 0 aliphatic rings. The Labute approximate surface area is 194 Å². The van der Waals surface area contributed by atoms with Gasteiger partial charge in [-0.15, -0.1) is 0 Å². The molecule has 0 fully saturated rings. The van der Waals surface area contributed by atoms with Crippen molar-refractivity contribution >= 4 is 42.2 Å². The minimum Gasteiger partial charge on any atom is -0.480 e. The number of hydrogen-bond donors (Lipinski definition) is 7. The summed E-state index contributed by atoms with van der Waals surface area (Å²) in [4.78, 5) is 60.3. The normalized spacial score (nSPS) is 15.7. The van der Waals surface area contributed by atoms with Crippen molar-refractivity contribution < 1.29 is 29.1 Å². The summed E-state index contributed by atoms with van der Waals surface area (Å²) in [5.41, 5.74) is 11.0. The molecule has 5 unspecified atom stereocenters. The molecule has 11 nitrogen and oxygen atoms in total. The lowest BCUT2D eigenvalue weighted by atomic mass is 9.99. The summed E-state index contributed by atoms with van der Waals surface area (Å²) in [5.74, 6) is -4.19. The van der Waals surface area contributed by atoms with Crippen LogP contribution in [0.1, 0.15) is 53.4 Å². The maximum Gasteiger partial charge on any atom is 0.326 e. The molecule has 0 aromatic heterocycles. The fourth-order valence-corrected chi connectivity index (χ4v) is 3.11. The van der Waals surface area contributed by atoms with Gasteiger partial charge in [-0.3, -0.25) is 19.2 Å². The lowest BCUT2D eigenvalue weighted by molar-refractivity contribution is -0.143. The topological polar surface area (TPSA) is 194 Å². The third-order valence-electron chi connectivity index (χ3n) is 4.97. The van der Waals surface area contributed by atoms with Crippen molar-refractivity contribution in [3.63, 3.8) is 0 Å². The Kier molecular flexibility index (Phi) is 13.6. The van der Waals surface area contributed by atoms with Crippen LogP contribution in [0, 0.1) is 11.8 Å². The lowest BCUT2D eigenvalue weighted by Gasteiger charge is -2.26. The number of rotatable bonds is 15. The fourth-order valence-electron chi connectivity index (χ4n) is 2.85. The molecule has 0 heterocycles. The van der Waals surface area contributed by atoms with Crippen molar-refractivity contribution in [2.45, 2.75) is 77.5 Å². The first-order valence-electron chi connectivity index (χ1n) is 10.6. The van der Waals surface area contributed by atoms with E-state index >= 15 is 0 Å². The molecule has 0 saturated carbocycles. The van der Waals surface area contributed by atoms with Crippen LogP contribution >= 0.6 is 12.6 Å². The standard InChI is InChI=1S/C20H37N5O6S/c1-5-11(4)16(20(30)31)25-19(29)14(9-32)24-18(28)13(6-7-15(22)26)23-17(27)12(21)8-10(2)3/h10-14,16,32H,5-9,21H2,1-4H3,(H2,22,26)(H,23,27)(H,24,28)(H,25,29)(H,30,31). The Bertz CT molecular complexity index is 675. The number of amides is 4. The number of aliphatic carboxylic acids is 1. The van der Waals surface area contributed by atoms with Gasteiger partial charge >= 0.3 is 5.97 Å². The number of carboxylic acid groups (broad SMARTS) is 1. The molecule has 0 saturated heterocycles. The molecule has 32 heavy (non-hydrogen) atoms. The molecule has 0 rings (SSSR count). The first-order valence-corrected chi connectivity index (χ1v) is 11.3. The van der Waals surface area contributed by atoms with Gasteiger partial charge in [0.05, 0.1) is 6.04 Å². The predicted octanol–water partition coefficient (Wildman–Crippen LogP) is -0.860. The monoisotopic (exact) mass is 475 g/mol. The van der Waals surface area contributed by atoms with Gasteiger partial charge in [0.1, 0.15) is 18.1 Å². The first-order chi connectivity index (χ1) is 14.8. The second-order valence-corrected chi connectivity index (χ2v) is 8.62. The molecule has 0 aliphatic heterocycles. The zero-order chi connectivity index (χ0) is 25.0. The van der Waals surface area contributed by atoms with E-state index in [1.807, 2.05) is 13.8 Å². The van der Waals surface area contributed by atoms with Crippen LogP contribution in [0.3, 0.4) is 0 Å². The molecule has 184 valence electrons. The van der Waals surface area contributed by atoms with Crippen LogP contribution in [0.15, 0.2) is 0 Å². The van der Waals surface area contributed by atoms with Gasteiger partial charge < -0.3 is 32.5 Å². The van der Waals surface area contributed by atoms with E-state index in [1.54, 1.807) is 13.8 Å². The zero-order valence-electron chi connectivity index (χ0n) is 19.1. The SMILES string of the molecule is CCC(C)C(NC(=O)C(CS)NC(=O)C(CCC(N)=O)NC(=O)C(N)CC(C)C)C(=O)O. The summed E-state index contributed by atoms with van der Waals surface area (Å²) in [6, 6.07) is -4.30. The van der Waals surface area contributed by atoms with E-state index in [0.717, 1.165) is 0 Å². The molecule has 0 aliphatic carbocycles. The van der Waals surface area contributed by atoms with Crippen LogP contribution in [0.4, 0.5) is 0 Å². The first kappa shape index (κ1) is 29.7. The molecule has 0 bridgehead atoms. The second kappa shape index (κ2) is 14.7. The molecule has 0 radical (unpaired) electrons. The van der Waals surface area contributed by atoms with E-state index in [0.29, 0.717) is 12.8 Å². The average molecular weight is 476 g/mol. The van der Waals surface area contributed by atoms with E-state index in [1.165, 1.54) is 0 Å². The van der Waals surface area contributed by atoms with E-state index in [4.69, 9.17) is 11.5 Å². The van der Waals surface area contributed by atoms with Crippen molar-refractivity contribution in [2.75, 3.05) is 5.75 Å². The average Bonchev–Trinajstić information content (AvgIpc) is 2.70. The third-order valence-corrected chi connectivity index (χ3v) is 5.33. The fraction of sp³-hybridized carbons (Fsp3) is 0.750. The number of thiol groups is 1. The molecule has 0 aromatic rings. The molecule has 4 amide bonds. The van der Waals surface area contributed by atoms with Crippen LogP contribution in [-0.2, 0) is 24.0 Å². The van der Waals surface area contributed by atoms with Gasteiger partial charge in [0.15, 0.2) is 0 Å². The lowest BCUT2D eigenvalue weighted by Crippen LogP contribution is -2.58. The van der Waals surface area contributed by atoms with E-state index in [9.17, 15) is 29.1 Å². The Morgan fingerprint density at radius 2 is 1.47 bits per heavy atom. The highest BCUT2D eigenvalue weighted by Crippen LogP contribution is 2.09. The van der Waals surface area contributed by atoms with Crippen LogP contribution in [0.2, 0.25) is 0 Å². The Morgan fingerprint density at radius 3 is 1.91 bits per heavy atom. The largest absolute Gasteiger partial charge is 0.480 e. The van der Waals surface area contributed by atoms with Gasteiger partial charge in [-0.1, -0.05) is 34.1 Å². The maximum atomic E-state index is 12.8. The smallest absolute Gasteiger partial charge is 0.326 e. The summed E-state index contributed by atoms with van der Waals surface area (Å²) in [5, 5.41) is 16.7. The summed E-state index contributed by atoms with van der Waals surface area (Å²) < 4.78 is 0. The van der Waals surface area contributed by atoms with Crippen molar-refractivity contribution in [1.82, 2.24) is 16.0 Å². The number of carbonyl (C=O) groups is 5. The molecular formula is C20H37N5O6S. The van der Waals surface area contributed by atoms with Crippen LogP contribution in [-0.4, -0.2) is 64.6 Å². The second-order valence-electron chi connectivity index (χ2n) is 8.26. The van der Waals surface area contributed by atoms with Gasteiger partial charge in [0.2, 0.25) is 23.6 Å². The van der Waals surface area contributed by atoms with Crippen molar-refractivity contribution in [2.24, 2.45) is 23.3 Å². The Hall–Kier alpha value is -2.34. The highest BCUT2D eigenvalue weighted by molar-refractivity contribution is 7.80. The van der Waals surface area contributed by atoms with Crippen LogP contribution in [0.5, 0.6) is 0 Å². The highest BCUT2D eigenvalue weighted by Gasteiger charge is 2.31. The van der Waals surface area contributed by atoms with E-state index in [-0.39, 0.29) is 30.4 Å². The number of primary amides is 1. The van der Waals surface area contributed by atoms with Crippen molar-refractivity contribution in [1.29, 1.82) is 0 Å². The predicted molar refractivity (Wildman–Crippen MR) is 123 cm³/mol. The quantitative estimate of drug-likeness (QED) is 0.150. The molecule has 0 aromatic carbocycles. The van der Waals surface area contributed by atoms with Crippen LogP contribution < -0.4 is 27.4 Å². The molecular weight excluding hydrogens is 438 g/mol. The Balaban J connectivity index is 5.34. The number of nitrogens with two attached hydrogens (primary N) is 2. The maximum absolute atomic E-state index is 12.8. The summed E-state index contributed by atoms with van der Waals surface area (Å²) in [6.07, 6.45) is 0.647. The summed E-state index contributed by atoms with van der Waals surface area (Å²) >= 11 is 4.07. The van der Waals surface area contributed by atoms with Crippen molar-refractivity contribution in [3.05, 3.63) is 0 Å². The number of nitrogens with one attached hydrogen (secondary N) is 3. The highest BCUT2D eigenvalue weighted by atomic mass is 32.1. The van der Waals surface area contributed by atoms with Gasteiger partial charge in [0.25, 0.3) is 0 Å². The summed E-state index contributed by atoms with van der Waals surface area (Å²) in [7, 11) is 0. The third kappa shape index (κ3) is 10.8. The van der Waals surface area contributed by atoms with Gasteiger partial charge in [0, 0.05) is 12.2 Å². The van der Waals surface area contributed by atoms with Crippen LogP contribution in [0.25, 0.3) is 0 Å². The molecule has 5 atom stereocenters. The van der Waals surface area contributed by atoms with Crippen molar-refractivity contribution in [3.8, 4) is 0 Å². The summed E-state index contributed by atoms with van der Waals surface area (Å²) in [6.45, 7) is 7.26. The van der Waals surface area contributed by atoms with E-state index < -0.39 is 53.8 Å².